The molecule has 0 bridgehead atoms. The number of ether oxygens (including phenoxy) is 2. The zero-order chi connectivity index (χ0) is 18.6. The van der Waals surface area contributed by atoms with Crippen LogP contribution in [0.25, 0.3) is 0 Å². The topological polar surface area (TPSA) is 90.7 Å². The van der Waals surface area contributed by atoms with Crippen LogP contribution in [0.4, 0.5) is 20.2 Å². The molecule has 0 unspecified atom stereocenters. The smallest absolute Gasteiger partial charge is 0.286 e. The van der Waals surface area contributed by atoms with Crippen molar-refractivity contribution in [3.8, 4) is 11.5 Å². The van der Waals surface area contributed by atoms with Crippen molar-refractivity contribution in [2.75, 3.05) is 19.0 Å². The third kappa shape index (κ3) is 4.00. The van der Waals surface area contributed by atoms with E-state index in [1.54, 1.807) is 6.92 Å². The minimum absolute atomic E-state index is 0.0500. The van der Waals surface area contributed by atoms with Crippen LogP contribution in [0.3, 0.4) is 0 Å². The fourth-order valence-electron chi connectivity index (χ4n) is 2.08. The summed E-state index contributed by atoms with van der Waals surface area (Å²) in [4.78, 5) is 22.9. The van der Waals surface area contributed by atoms with Crippen LogP contribution in [-0.4, -0.2) is 24.5 Å². The number of halogens is 2. The van der Waals surface area contributed by atoms with Gasteiger partial charge in [0.05, 0.1) is 24.7 Å². The maximum absolute atomic E-state index is 13.2. The molecule has 0 radical (unpaired) electrons. The molecule has 2 aromatic carbocycles. The van der Waals surface area contributed by atoms with Crippen molar-refractivity contribution in [3.63, 3.8) is 0 Å². The highest BCUT2D eigenvalue weighted by atomic mass is 19.2. The van der Waals surface area contributed by atoms with Crippen molar-refractivity contribution in [3.05, 3.63) is 57.6 Å². The molecule has 1 amide bonds. The lowest BCUT2D eigenvalue weighted by Crippen LogP contribution is -2.15. The van der Waals surface area contributed by atoms with Gasteiger partial charge in [-0.25, -0.2) is 8.78 Å². The Labute approximate surface area is 141 Å². The number of nitro groups is 1. The summed E-state index contributed by atoms with van der Waals surface area (Å²) in [6.07, 6.45) is 0. The maximum atomic E-state index is 13.2. The Balaban J connectivity index is 2.43. The van der Waals surface area contributed by atoms with Crippen molar-refractivity contribution in [2.24, 2.45) is 0 Å². The number of methoxy groups -OCH3 is 1. The van der Waals surface area contributed by atoms with Crippen molar-refractivity contribution in [1.29, 1.82) is 0 Å². The summed E-state index contributed by atoms with van der Waals surface area (Å²) >= 11 is 0. The fourth-order valence-corrected chi connectivity index (χ4v) is 2.08. The molecule has 2 aromatic rings. The second-order valence-electron chi connectivity index (χ2n) is 4.79. The summed E-state index contributed by atoms with van der Waals surface area (Å²) in [6.45, 7) is 1.93. The summed E-state index contributed by atoms with van der Waals surface area (Å²) in [5.74, 6) is -2.87. The van der Waals surface area contributed by atoms with Gasteiger partial charge in [-0.15, -0.1) is 0 Å². The minimum Gasteiger partial charge on any atom is -0.493 e. The number of amides is 1. The molecule has 0 aliphatic carbocycles. The molecule has 0 heterocycles. The zero-order valence-corrected chi connectivity index (χ0v) is 13.3. The molecular weight excluding hydrogens is 338 g/mol. The first-order valence-corrected chi connectivity index (χ1v) is 7.13. The fraction of sp³-hybridized carbons (Fsp3) is 0.188. The summed E-state index contributed by atoms with van der Waals surface area (Å²) in [6, 6.07) is 4.96. The van der Waals surface area contributed by atoms with Gasteiger partial charge in [-0.1, -0.05) is 0 Å². The van der Waals surface area contributed by atoms with E-state index in [1.165, 1.54) is 7.11 Å². The van der Waals surface area contributed by atoms with Crippen LogP contribution >= 0.6 is 0 Å². The van der Waals surface area contributed by atoms with Gasteiger partial charge < -0.3 is 14.8 Å². The van der Waals surface area contributed by atoms with Crippen molar-refractivity contribution < 1.29 is 28.0 Å². The van der Waals surface area contributed by atoms with Gasteiger partial charge in [0.15, 0.2) is 23.1 Å². The first-order chi connectivity index (χ1) is 11.9. The average molecular weight is 352 g/mol. The Morgan fingerprint density at radius 3 is 2.48 bits per heavy atom. The molecule has 0 aromatic heterocycles. The third-order valence-corrected chi connectivity index (χ3v) is 3.20. The summed E-state index contributed by atoms with van der Waals surface area (Å²) < 4.78 is 36.5. The number of carbonyl (C=O) groups excluding carboxylic acids is 1. The first kappa shape index (κ1) is 18.1. The molecule has 25 heavy (non-hydrogen) atoms. The Morgan fingerprint density at radius 1 is 1.20 bits per heavy atom. The largest absolute Gasteiger partial charge is 0.493 e. The van der Waals surface area contributed by atoms with Gasteiger partial charge in [-0.2, -0.15) is 0 Å². The molecule has 9 heteroatoms. The van der Waals surface area contributed by atoms with Gasteiger partial charge in [0.2, 0.25) is 0 Å². The first-order valence-electron chi connectivity index (χ1n) is 7.13. The van der Waals surface area contributed by atoms with Crippen LogP contribution < -0.4 is 14.8 Å². The molecule has 0 fully saturated rings. The zero-order valence-electron chi connectivity index (χ0n) is 13.3. The molecule has 132 valence electrons. The highest BCUT2D eigenvalue weighted by Crippen LogP contribution is 2.35. The SMILES string of the molecule is CCOc1cc([N+](=O)[O-])c(C(=O)Nc2ccc(F)c(F)c2)cc1OC. The standard InChI is InChI=1S/C16H14F2N2O5/c1-3-25-15-8-13(20(22)23)10(7-14(15)24-2)16(21)19-9-4-5-11(17)12(18)6-9/h4-8H,3H2,1-2H3,(H,19,21). The van der Waals surface area contributed by atoms with E-state index >= 15 is 0 Å². The predicted octanol–water partition coefficient (Wildman–Crippen LogP) is 3.53. The Kier molecular flexibility index (Phi) is 5.48. The summed E-state index contributed by atoms with van der Waals surface area (Å²) in [7, 11) is 1.32. The number of nitro benzene ring substituents is 1. The molecular formula is C16H14F2N2O5. The Morgan fingerprint density at radius 2 is 1.92 bits per heavy atom. The summed E-state index contributed by atoms with van der Waals surface area (Å²) in [5.41, 5.74) is -0.870. The Bertz CT molecular complexity index is 826. The molecule has 2 rings (SSSR count). The van der Waals surface area contributed by atoms with Gasteiger partial charge in [0.1, 0.15) is 5.56 Å². The normalized spacial score (nSPS) is 10.2. The molecule has 0 spiro atoms. The van der Waals surface area contributed by atoms with Gasteiger partial charge in [-0.05, 0) is 19.1 Å². The van der Waals surface area contributed by atoms with Gasteiger partial charge in [-0.3, -0.25) is 14.9 Å². The molecule has 0 aliphatic heterocycles. The number of rotatable bonds is 6. The van der Waals surface area contributed by atoms with E-state index in [1.807, 2.05) is 0 Å². The van der Waals surface area contributed by atoms with Crippen LogP contribution in [0, 0.1) is 21.7 Å². The van der Waals surface area contributed by atoms with E-state index in [4.69, 9.17) is 9.47 Å². The maximum Gasteiger partial charge on any atom is 0.286 e. The summed E-state index contributed by atoms with van der Waals surface area (Å²) in [5, 5.41) is 13.5. The average Bonchev–Trinajstić information content (AvgIpc) is 2.57. The molecule has 1 N–H and O–H groups in total. The minimum atomic E-state index is -1.16. The van der Waals surface area contributed by atoms with Crippen molar-refractivity contribution in [1.82, 2.24) is 0 Å². The Hall–Kier alpha value is -3.23. The third-order valence-electron chi connectivity index (χ3n) is 3.20. The molecule has 0 atom stereocenters. The predicted molar refractivity (Wildman–Crippen MR) is 85.1 cm³/mol. The second-order valence-corrected chi connectivity index (χ2v) is 4.79. The highest BCUT2D eigenvalue weighted by Gasteiger charge is 2.25. The lowest BCUT2D eigenvalue weighted by atomic mass is 10.1. The second kappa shape index (κ2) is 7.56. The number of carbonyl (C=O) groups is 1. The number of nitrogens with zero attached hydrogens (tertiary/aromatic N) is 1. The number of benzene rings is 2. The number of hydrogen-bond donors (Lipinski definition) is 1. The lowest BCUT2D eigenvalue weighted by molar-refractivity contribution is -0.385. The van der Waals surface area contributed by atoms with Crippen LogP contribution in [-0.2, 0) is 0 Å². The molecule has 0 saturated carbocycles. The monoisotopic (exact) mass is 352 g/mol. The van der Waals surface area contributed by atoms with Crippen LogP contribution in [0.1, 0.15) is 17.3 Å². The van der Waals surface area contributed by atoms with Crippen molar-refractivity contribution >= 4 is 17.3 Å². The van der Waals surface area contributed by atoms with Crippen LogP contribution in [0.5, 0.6) is 11.5 Å². The van der Waals surface area contributed by atoms with Gasteiger partial charge in [0.25, 0.3) is 11.6 Å². The molecule has 0 saturated heterocycles. The van der Waals surface area contributed by atoms with E-state index in [0.29, 0.717) is 0 Å². The van der Waals surface area contributed by atoms with E-state index < -0.39 is 28.2 Å². The number of nitrogens with one attached hydrogen (secondary N) is 1. The van der Waals surface area contributed by atoms with Crippen LogP contribution in [0.2, 0.25) is 0 Å². The van der Waals surface area contributed by atoms with Crippen molar-refractivity contribution in [2.45, 2.75) is 6.92 Å². The van der Waals surface area contributed by atoms with Gasteiger partial charge >= 0.3 is 0 Å². The van der Waals surface area contributed by atoms with E-state index in [2.05, 4.69) is 5.32 Å². The van der Waals surface area contributed by atoms with E-state index in [-0.39, 0.29) is 29.4 Å². The lowest BCUT2D eigenvalue weighted by Gasteiger charge is -2.12. The number of anilines is 1. The molecule has 7 nitrogen and oxygen atoms in total. The van der Waals surface area contributed by atoms with E-state index in [9.17, 15) is 23.7 Å². The number of hydrogen-bond acceptors (Lipinski definition) is 5. The van der Waals surface area contributed by atoms with E-state index in [0.717, 1.165) is 30.3 Å². The van der Waals surface area contributed by atoms with Crippen LogP contribution in [0.15, 0.2) is 30.3 Å². The molecule has 0 aliphatic rings. The quantitative estimate of drug-likeness (QED) is 0.634. The van der Waals surface area contributed by atoms with Gasteiger partial charge in [0, 0.05) is 17.8 Å². The highest BCUT2D eigenvalue weighted by molar-refractivity contribution is 6.07.